The van der Waals surface area contributed by atoms with Gasteiger partial charge in [-0.3, -0.25) is 0 Å². The molecule has 0 radical (unpaired) electrons. The van der Waals surface area contributed by atoms with Crippen molar-refractivity contribution in [3.05, 3.63) is 30.1 Å². The maximum atomic E-state index is 5.47. The molecule has 0 bridgehead atoms. The van der Waals surface area contributed by atoms with Crippen molar-refractivity contribution in [2.45, 2.75) is 32.4 Å². The van der Waals surface area contributed by atoms with Crippen LogP contribution >= 0.6 is 0 Å². The van der Waals surface area contributed by atoms with Gasteiger partial charge in [-0.25, -0.2) is 0 Å². The zero-order valence-electron chi connectivity index (χ0n) is 11.8. The Labute approximate surface area is 111 Å². The van der Waals surface area contributed by atoms with Crippen LogP contribution in [0.1, 0.15) is 25.5 Å². The molecule has 0 amide bonds. The minimum atomic E-state index is -2.57. The topological polar surface area (TPSA) is 31.6 Å². The highest BCUT2D eigenvalue weighted by molar-refractivity contribution is 6.58. The van der Waals surface area contributed by atoms with Gasteiger partial charge in [0, 0.05) is 39.9 Å². The summed E-state index contributed by atoms with van der Waals surface area (Å²) >= 11 is 0. The second-order valence-electron chi connectivity index (χ2n) is 4.22. The Morgan fingerprint density at radius 3 is 2.33 bits per heavy atom. The number of nitrogens with zero attached hydrogens (tertiary/aromatic N) is 1. The molecule has 1 aromatic heterocycles. The summed E-state index contributed by atoms with van der Waals surface area (Å²) < 4.78 is 18.6. The van der Waals surface area contributed by atoms with Gasteiger partial charge >= 0.3 is 8.80 Å². The van der Waals surface area contributed by atoms with Crippen LogP contribution < -0.4 is 4.57 Å². The Bertz CT molecular complexity index is 348. The summed E-state index contributed by atoms with van der Waals surface area (Å²) in [4.78, 5) is 0. The van der Waals surface area contributed by atoms with E-state index in [0.29, 0.717) is 6.17 Å². The largest absolute Gasteiger partial charge is 0.569 e. The lowest BCUT2D eigenvalue weighted by Crippen LogP contribution is -2.57. The molecule has 1 aromatic rings. The molecule has 0 unspecified atom stereocenters. The predicted molar refractivity (Wildman–Crippen MR) is 72.0 cm³/mol. The number of hydrogen-bond acceptors (Lipinski definition) is 3. The third-order valence-electron chi connectivity index (χ3n) is 3.12. The number of rotatable bonds is 8. The second-order valence-corrected chi connectivity index (χ2v) is 7.13. The number of aromatic nitrogens is 1. The van der Waals surface area contributed by atoms with Crippen LogP contribution in [0.5, 0.6) is 0 Å². The van der Waals surface area contributed by atoms with E-state index in [1.807, 2.05) is 6.07 Å². The molecule has 18 heavy (non-hydrogen) atoms. The van der Waals surface area contributed by atoms with Crippen LogP contribution in [0.25, 0.3) is 0 Å². The van der Waals surface area contributed by atoms with Gasteiger partial charge in [0.25, 0.3) is 0 Å². The van der Waals surface area contributed by atoms with Crippen LogP contribution in [0, 0.1) is 0 Å². The van der Waals surface area contributed by atoms with Crippen molar-refractivity contribution in [1.82, 2.24) is 0 Å². The van der Waals surface area contributed by atoms with Crippen LogP contribution in [0.4, 0.5) is 0 Å². The lowest BCUT2D eigenvalue weighted by Gasteiger charge is -2.21. The van der Waals surface area contributed by atoms with Crippen molar-refractivity contribution in [3.63, 3.8) is 0 Å². The van der Waals surface area contributed by atoms with E-state index in [9.17, 15) is 0 Å². The van der Waals surface area contributed by atoms with Gasteiger partial charge in [-0.05, 0) is 6.42 Å². The molecule has 0 aliphatic heterocycles. The van der Waals surface area contributed by atoms with Crippen LogP contribution in [0.3, 0.4) is 0 Å². The Morgan fingerprint density at radius 2 is 1.78 bits per heavy atom. The number of aryl methyl sites for hydroxylation is 1. The first-order chi connectivity index (χ1) is 8.71. The average molecular weight is 270 g/mol. The van der Waals surface area contributed by atoms with Gasteiger partial charge in [0.1, 0.15) is 0 Å². The van der Waals surface area contributed by atoms with Crippen molar-refractivity contribution < 1.29 is 17.8 Å². The highest BCUT2D eigenvalue weighted by Crippen LogP contribution is 2.07. The molecule has 102 valence electrons. The van der Waals surface area contributed by atoms with Crippen molar-refractivity contribution in [1.29, 1.82) is 0 Å². The average Bonchev–Trinajstić information content (AvgIpc) is 2.44. The van der Waals surface area contributed by atoms with Gasteiger partial charge in [0.15, 0.2) is 11.9 Å². The maximum absolute atomic E-state index is 5.47. The Balaban J connectivity index is 2.88. The highest BCUT2D eigenvalue weighted by atomic mass is 28.4. The first-order valence-corrected chi connectivity index (χ1v) is 8.27. The summed E-state index contributed by atoms with van der Waals surface area (Å²) in [5, 5.41) is 0. The fourth-order valence-electron chi connectivity index (χ4n) is 1.90. The van der Waals surface area contributed by atoms with Crippen LogP contribution in [0.2, 0.25) is 0 Å². The van der Waals surface area contributed by atoms with Crippen LogP contribution in [0.15, 0.2) is 24.4 Å². The highest BCUT2D eigenvalue weighted by Gasteiger charge is 2.44. The molecule has 0 fully saturated rings. The smallest absolute Gasteiger partial charge is 0.373 e. The second kappa shape index (κ2) is 7.63. The van der Waals surface area contributed by atoms with E-state index < -0.39 is 8.80 Å². The van der Waals surface area contributed by atoms with E-state index in [4.69, 9.17) is 13.3 Å². The molecule has 0 aliphatic rings. The normalized spacial score (nSPS) is 11.8. The van der Waals surface area contributed by atoms with E-state index in [-0.39, 0.29) is 0 Å². The van der Waals surface area contributed by atoms with Crippen molar-refractivity contribution >= 4 is 8.80 Å². The molecular weight excluding hydrogens is 246 g/mol. The summed E-state index contributed by atoms with van der Waals surface area (Å²) in [5.74, 6) is 0. The van der Waals surface area contributed by atoms with Crippen molar-refractivity contribution in [2.75, 3.05) is 21.3 Å². The molecule has 0 spiro atoms. The lowest BCUT2D eigenvalue weighted by molar-refractivity contribution is -0.692. The van der Waals surface area contributed by atoms with Crippen molar-refractivity contribution in [3.8, 4) is 0 Å². The fourth-order valence-corrected chi connectivity index (χ4v) is 3.52. The molecule has 0 aliphatic carbocycles. The molecule has 0 saturated carbocycles. The monoisotopic (exact) mass is 270 g/mol. The summed E-state index contributed by atoms with van der Waals surface area (Å²) in [7, 11) is 2.38. The minimum Gasteiger partial charge on any atom is -0.373 e. The Hall–Kier alpha value is -0.753. The maximum Gasteiger partial charge on any atom is 0.569 e. The van der Waals surface area contributed by atoms with Gasteiger partial charge in [-0.2, -0.15) is 4.57 Å². The SMILES string of the molecule is CCCCc1cccc[n+]1C[Si](OC)(OC)OC. The zero-order chi connectivity index (χ0) is 13.4. The quantitative estimate of drug-likeness (QED) is 0.532. The Kier molecular flexibility index (Phi) is 6.49. The van der Waals surface area contributed by atoms with Crippen LogP contribution in [-0.4, -0.2) is 30.1 Å². The summed E-state index contributed by atoms with van der Waals surface area (Å²) in [5.41, 5.74) is 1.29. The Morgan fingerprint density at radius 1 is 1.11 bits per heavy atom. The first-order valence-electron chi connectivity index (χ1n) is 6.34. The number of pyridine rings is 1. The summed E-state index contributed by atoms with van der Waals surface area (Å²) in [6.07, 6.45) is 6.15. The summed E-state index contributed by atoms with van der Waals surface area (Å²) in [6, 6.07) is 6.24. The van der Waals surface area contributed by atoms with Crippen molar-refractivity contribution in [2.24, 2.45) is 0 Å². The van der Waals surface area contributed by atoms with E-state index in [2.05, 4.69) is 29.8 Å². The third-order valence-corrected chi connectivity index (χ3v) is 5.71. The van der Waals surface area contributed by atoms with Gasteiger partial charge < -0.3 is 13.3 Å². The molecule has 1 heterocycles. The minimum absolute atomic E-state index is 0.649. The van der Waals surface area contributed by atoms with Gasteiger partial charge in [0.05, 0.1) is 0 Å². The number of unbranched alkanes of at least 4 members (excludes halogenated alkanes) is 1. The van der Waals surface area contributed by atoms with Gasteiger partial charge in [-0.1, -0.05) is 19.4 Å². The van der Waals surface area contributed by atoms with E-state index in [1.165, 1.54) is 18.5 Å². The van der Waals surface area contributed by atoms with E-state index >= 15 is 0 Å². The molecule has 1 rings (SSSR count). The standard InChI is InChI=1S/C13H24NO3Si/c1-5-6-9-13-10-7-8-11-14(13)12-18(15-2,16-3)17-4/h7-8,10-11H,5-6,9,12H2,1-4H3/q+1. The zero-order valence-corrected chi connectivity index (χ0v) is 12.8. The van der Waals surface area contributed by atoms with E-state index in [1.54, 1.807) is 21.3 Å². The molecule has 4 nitrogen and oxygen atoms in total. The van der Waals surface area contributed by atoms with Crippen LogP contribution in [-0.2, 0) is 25.9 Å². The number of hydrogen-bond donors (Lipinski definition) is 0. The predicted octanol–water partition coefficient (Wildman–Crippen LogP) is 1.73. The fraction of sp³-hybridized carbons (Fsp3) is 0.615. The lowest BCUT2D eigenvalue weighted by atomic mass is 10.2. The van der Waals surface area contributed by atoms with E-state index in [0.717, 1.165) is 6.42 Å². The molecule has 0 N–H and O–H groups in total. The third kappa shape index (κ3) is 3.88. The van der Waals surface area contributed by atoms with Gasteiger partial charge in [-0.15, -0.1) is 0 Å². The molecule has 0 atom stereocenters. The first kappa shape index (κ1) is 15.3. The molecule has 0 aromatic carbocycles. The summed E-state index contributed by atoms with van der Waals surface area (Å²) in [6.45, 7) is 2.20. The molecule has 0 saturated heterocycles. The van der Waals surface area contributed by atoms with Gasteiger partial charge in [0.2, 0.25) is 6.17 Å². The molecule has 5 heteroatoms. The molecular formula is C13H24NO3Si+.